The molecule has 1 aliphatic rings. The average molecular weight is 253 g/mol. The number of carbonyl (C=O) groups is 2. The zero-order chi connectivity index (χ0) is 13.0. The molecule has 92 valence electrons. The van der Waals surface area contributed by atoms with E-state index in [4.69, 9.17) is 0 Å². The maximum absolute atomic E-state index is 12.2. The van der Waals surface area contributed by atoms with Gasteiger partial charge in [0, 0.05) is 18.0 Å². The van der Waals surface area contributed by atoms with Crippen LogP contribution in [0, 0.1) is 5.41 Å². The molecule has 2 amide bonds. The van der Waals surface area contributed by atoms with Crippen molar-refractivity contribution in [3.8, 4) is 0 Å². The topological polar surface area (TPSA) is 57.6 Å². The molecule has 4 nitrogen and oxygen atoms in total. The minimum absolute atomic E-state index is 0.339. The average Bonchev–Trinajstić information content (AvgIpc) is 2.71. The second-order valence-corrected chi connectivity index (χ2v) is 6.21. The maximum atomic E-state index is 12.2. The van der Waals surface area contributed by atoms with E-state index in [1.165, 1.54) is 18.4 Å². The van der Waals surface area contributed by atoms with Crippen molar-refractivity contribution in [3.05, 3.63) is 21.9 Å². The summed E-state index contributed by atoms with van der Waals surface area (Å²) >= 11 is 1.25. The van der Waals surface area contributed by atoms with Crippen LogP contribution in [0.2, 0.25) is 0 Å². The number of rotatable bonds is 0. The number of aliphatic hydroxyl groups is 1. The van der Waals surface area contributed by atoms with Gasteiger partial charge in [-0.1, -0.05) is 20.8 Å². The summed E-state index contributed by atoms with van der Waals surface area (Å²) in [4.78, 5) is 25.6. The van der Waals surface area contributed by atoms with Crippen LogP contribution in [-0.4, -0.2) is 28.9 Å². The van der Waals surface area contributed by atoms with Gasteiger partial charge in [0.2, 0.25) is 0 Å². The van der Waals surface area contributed by atoms with E-state index in [0.717, 1.165) is 4.90 Å². The molecule has 1 unspecified atom stereocenters. The summed E-state index contributed by atoms with van der Waals surface area (Å²) in [5, 5.41) is 12.5. The highest BCUT2D eigenvalue weighted by atomic mass is 32.1. The lowest BCUT2D eigenvalue weighted by Crippen LogP contribution is -2.58. The molecule has 1 aliphatic heterocycles. The van der Waals surface area contributed by atoms with E-state index >= 15 is 0 Å². The van der Waals surface area contributed by atoms with Gasteiger partial charge in [-0.05, 0) is 11.4 Å². The summed E-state index contributed by atoms with van der Waals surface area (Å²) in [6.45, 7) is 5.36. The summed E-state index contributed by atoms with van der Waals surface area (Å²) < 4.78 is 0. The monoisotopic (exact) mass is 253 g/mol. The SMILES string of the molecule is CN1C(=O)c2sccc2C(O)(C(C)(C)C)C1=O. The van der Waals surface area contributed by atoms with Crippen LogP contribution in [0.3, 0.4) is 0 Å². The molecule has 1 N–H and O–H groups in total. The lowest BCUT2D eigenvalue weighted by molar-refractivity contribution is -0.163. The lowest BCUT2D eigenvalue weighted by atomic mass is 9.70. The predicted octanol–water partition coefficient (Wildman–Crippen LogP) is 1.59. The van der Waals surface area contributed by atoms with E-state index in [2.05, 4.69) is 0 Å². The minimum Gasteiger partial charge on any atom is -0.375 e. The van der Waals surface area contributed by atoms with Crippen LogP contribution in [0.1, 0.15) is 36.0 Å². The van der Waals surface area contributed by atoms with E-state index < -0.39 is 16.9 Å². The Hall–Kier alpha value is -1.20. The second-order valence-electron chi connectivity index (χ2n) is 5.29. The molecule has 5 heteroatoms. The summed E-state index contributed by atoms with van der Waals surface area (Å²) in [6, 6.07) is 1.66. The fourth-order valence-electron chi connectivity index (χ4n) is 2.09. The molecule has 17 heavy (non-hydrogen) atoms. The van der Waals surface area contributed by atoms with Crippen molar-refractivity contribution < 1.29 is 14.7 Å². The highest BCUT2D eigenvalue weighted by Crippen LogP contribution is 2.46. The third kappa shape index (κ3) is 1.39. The number of fused-ring (bicyclic) bond motifs is 1. The number of hydrogen-bond donors (Lipinski definition) is 1. The first kappa shape index (κ1) is 12.3. The van der Waals surface area contributed by atoms with Crippen LogP contribution < -0.4 is 0 Å². The fourth-order valence-corrected chi connectivity index (χ4v) is 3.01. The smallest absolute Gasteiger partial charge is 0.270 e. The molecule has 1 atom stereocenters. The van der Waals surface area contributed by atoms with E-state index in [-0.39, 0.29) is 5.91 Å². The van der Waals surface area contributed by atoms with Crippen molar-refractivity contribution in [1.82, 2.24) is 4.90 Å². The number of amides is 2. The van der Waals surface area contributed by atoms with E-state index in [0.29, 0.717) is 10.4 Å². The molecule has 0 spiro atoms. The molecule has 2 rings (SSSR count). The van der Waals surface area contributed by atoms with Gasteiger partial charge in [-0.25, -0.2) is 0 Å². The van der Waals surface area contributed by atoms with Crippen LogP contribution in [0.25, 0.3) is 0 Å². The lowest BCUT2D eigenvalue weighted by Gasteiger charge is -2.43. The van der Waals surface area contributed by atoms with E-state index in [1.807, 2.05) is 0 Å². The molecule has 0 bridgehead atoms. The first-order valence-corrected chi connectivity index (χ1v) is 6.22. The van der Waals surface area contributed by atoms with Gasteiger partial charge in [0.1, 0.15) is 0 Å². The van der Waals surface area contributed by atoms with Crippen molar-refractivity contribution >= 4 is 23.2 Å². The van der Waals surface area contributed by atoms with Gasteiger partial charge in [0.15, 0.2) is 5.60 Å². The van der Waals surface area contributed by atoms with Crippen LogP contribution in [0.5, 0.6) is 0 Å². The molecule has 1 aromatic heterocycles. The molecule has 2 heterocycles. The third-order valence-corrected chi connectivity index (χ3v) is 4.16. The van der Waals surface area contributed by atoms with Gasteiger partial charge in [-0.3, -0.25) is 14.5 Å². The minimum atomic E-state index is -1.63. The van der Waals surface area contributed by atoms with Crippen LogP contribution in [-0.2, 0) is 10.4 Å². The Kier molecular flexibility index (Phi) is 2.45. The van der Waals surface area contributed by atoms with Crippen molar-refractivity contribution in [3.63, 3.8) is 0 Å². The molecule has 0 aliphatic carbocycles. The first-order chi connectivity index (χ1) is 7.71. The highest BCUT2D eigenvalue weighted by molar-refractivity contribution is 7.12. The van der Waals surface area contributed by atoms with E-state index in [1.54, 1.807) is 32.2 Å². The molecular formula is C12H15NO3S. The first-order valence-electron chi connectivity index (χ1n) is 5.34. The zero-order valence-electron chi connectivity index (χ0n) is 10.3. The summed E-state index contributed by atoms with van der Waals surface area (Å²) in [5.74, 6) is -0.894. The Morgan fingerprint density at radius 2 is 1.94 bits per heavy atom. The molecule has 0 aromatic carbocycles. The number of nitrogens with zero attached hydrogens (tertiary/aromatic N) is 1. The molecular weight excluding hydrogens is 238 g/mol. The number of imide groups is 1. The third-order valence-electron chi connectivity index (χ3n) is 3.25. The predicted molar refractivity (Wildman–Crippen MR) is 64.8 cm³/mol. The van der Waals surface area contributed by atoms with Crippen molar-refractivity contribution in [2.75, 3.05) is 7.05 Å². The van der Waals surface area contributed by atoms with Crippen LogP contribution in [0.15, 0.2) is 11.4 Å². The number of carbonyl (C=O) groups excluding carboxylic acids is 2. The van der Waals surface area contributed by atoms with Crippen LogP contribution >= 0.6 is 11.3 Å². The fraction of sp³-hybridized carbons (Fsp3) is 0.500. The number of hydrogen-bond acceptors (Lipinski definition) is 4. The van der Waals surface area contributed by atoms with Gasteiger partial charge in [-0.15, -0.1) is 11.3 Å². The standard InChI is InChI=1S/C12H15NO3S/c1-11(2,3)12(16)7-5-6-17-8(7)9(14)13(4)10(12)15/h5-6,16H,1-4H3. The Bertz CT molecular complexity index is 500. The maximum Gasteiger partial charge on any atom is 0.270 e. The number of likely N-dealkylation sites (N-methyl/N-ethyl adjacent to an activating group) is 1. The Balaban J connectivity index is 2.74. The highest BCUT2D eigenvalue weighted by Gasteiger charge is 2.55. The molecule has 0 saturated heterocycles. The van der Waals surface area contributed by atoms with Crippen LogP contribution in [0.4, 0.5) is 0 Å². The Labute approximate surface area is 104 Å². The van der Waals surface area contributed by atoms with Gasteiger partial charge >= 0.3 is 0 Å². The molecule has 0 saturated carbocycles. The Morgan fingerprint density at radius 1 is 1.35 bits per heavy atom. The Morgan fingerprint density at radius 3 is 2.47 bits per heavy atom. The largest absolute Gasteiger partial charge is 0.375 e. The number of thiophene rings is 1. The normalized spacial score (nSPS) is 25.1. The molecule has 0 fully saturated rings. The van der Waals surface area contributed by atoms with E-state index in [9.17, 15) is 14.7 Å². The van der Waals surface area contributed by atoms with Crippen molar-refractivity contribution in [1.29, 1.82) is 0 Å². The van der Waals surface area contributed by atoms with Gasteiger partial charge in [-0.2, -0.15) is 0 Å². The van der Waals surface area contributed by atoms with Crippen molar-refractivity contribution in [2.24, 2.45) is 5.41 Å². The summed E-state index contributed by atoms with van der Waals surface area (Å²) in [7, 11) is 1.41. The quantitative estimate of drug-likeness (QED) is 0.714. The molecule has 0 radical (unpaired) electrons. The summed E-state index contributed by atoms with van der Waals surface area (Å²) in [5.41, 5.74) is -1.87. The van der Waals surface area contributed by atoms with Gasteiger partial charge < -0.3 is 5.11 Å². The summed E-state index contributed by atoms with van der Waals surface area (Å²) in [6.07, 6.45) is 0. The van der Waals surface area contributed by atoms with Gasteiger partial charge in [0.05, 0.1) is 4.88 Å². The van der Waals surface area contributed by atoms with Crippen molar-refractivity contribution in [2.45, 2.75) is 26.4 Å². The van der Waals surface area contributed by atoms with Gasteiger partial charge in [0.25, 0.3) is 11.8 Å². The second kappa shape index (κ2) is 3.40. The zero-order valence-corrected chi connectivity index (χ0v) is 11.1. The molecule has 1 aromatic rings.